The molecule has 0 saturated carbocycles. The lowest BCUT2D eigenvalue weighted by Gasteiger charge is -2.08. The molecule has 0 unspecified atom stereocenters. The highest BCUT2D eigenvalue weighted by atomic mass is 79.9. The summed E-state index contributed by atoms with van der Waals surface area (Å²) in [6.07, 6.45) is -3.12. The normalized spacial score (nSPS) is 11.8. The Bertz CT molecular complexity index is 551. The smallest absolute Gasteiger partial charge is 0.416 e. The number of hydrogen-bond acceptors (Lipinski definition) is 3. The first kappa shape index (κ1) is 12.0. The van der Waals surface area contributed by atoms with Crippen molar-refractivity contribution in [2.45, 2.75) is 6.18 Å². The molecule has 0 aliphatic carbocycles. The van der Waals surface area contributed by atoms with E-state index in [4.69, 9.17) is 10.2 Å². The summed E-state index contributed by atoms with van der Waals surface area (Å²) in [4.78, 5) is 3.80. The molecule has 0 saturated heterocycles. The van der Waals surface area contributed by atoms with Crippen LogP contribution in [0.1, 0.15) is 5.56 Å². The van der Waals surface area contributed by atoms with E-state index in [1.165, 1.54) is 6.26 Å². The molecule has 2 heterocycles. The second kappa shape index (κ2) is 4.06. The fourth-order valence-electron chi connectivity index (χ4n) is 1.31. The van der Waals surface area contributed by atoms with E-state index >= 15 is 0 Å². The van der Waals surface area contributed by atoms with Gasteiger partial charge in [-0.05, 0) is 34.1 Å². The zero-order valence-corrected chi connectivity index (χ0v) is 9.84. The maximum Gasteiger partial charge on any atom is 0.416 e. The molecule has 0 atom stereocenters. The van der Waals surface area contributed by atoms with E-state index in [0.29, 0.717) is 4.47 Å². The van der Waals surface area contributed by atoms with Crippen molar-refractivity contribution in [3.63, 3.8) is 0 Å². The van der Waals surface area contributed by atoms with Gasteiger partial charge in [0, 0.05) is 0 Å². The molecule has 2 rings (SSSR count). The lowest BCUT2D eigenvalue weighted by molar-refractivity contribution is -0.137. The molecule has 7 heteroatoms. The van der Waals surface area contributed by atoms with Crippen molar-refractivity contribution in [2.75, 3.05) is 5.73 Å². The maximum absolute atomic E-state index is 12.6. The number of pyridine rings is 1. The molecule has 17 heavy (non-hydrogen) atoms. The minimum absolute atomic E-state index is 0.0363. The molecule has 2 aromatic rings. The Labute approximate surface area is 103 Å². The standard InChI is InChI=1S/C10H6BrF3N2O/c11-6-1-2-17-9(6)7-3-5(10(12,13)14)4-8(15)16-7/h1-4H,(H2,15,16). The summed E-state index contributed by atoms with van der Waals surface area (Å²) >= 11 is 3.15. The predicted molar refractivity (Wildman–Crippen MR) is 59.1 cm³/mol. The zero-order chi connectivity index (χ0) is 12.6. The van der Waals surface area contributed by atoms with Gasteiger partial charge in [-0.15, -0.1) is 0 Å². The van der Waals surface area contributed by atoms with Crippen molar-refractivity contribution >= 4 is 21.7 Å². The topological polar surface area (TPSA) is 52.0 Å². The molecule has 0 bridgehead atoms. The number of anilines is 1. The second-order valence-electron chi connectivity index (χ2n) is 3.26. The van der Waals surface area contributed by atoms with Crippen LogP contribution in [-0.4, -0.2) is 4.98 Å². The van der Waals surface area contributed by atoms with E-state index in [0.717, 1.165) is 12.1 Å². The van der Waals surface area contributed by atoms with Gasteiger partial charge in [-0.3, -0.25) is 0 Å². The van der Waals surface area contributed by atoms with E-state index in [9.17, 15) is 13.2 Å². The molecule has 0 radical (unpaired) electrons. The summed E-state index contributed by atoms with van der Waals surface area (Å²) in [6.45, 7) is 0. The number of hydrogen-bond donors (Lipinski definition) is 1. The first-order chi connectivity index (χ1) is 7.88. The summed E-state index contributed by atoms with van der Waals surface area (Å²) in [5.74, 6) is 0.000856. The maximum atomic E-state index is 12.6. The summed E-state index contributed by atoms with van der Waals surface area (Å²) in [7, 11) is 0. The van der Waals surface area contributed by atoms with Crippen LogP contribution >= 0.6 is 15.9 Å². The third-order valence-electron chi connectivity index (χ3n) is 2.02. The Balaban J connectivity index is 2.57. The number of rotatable bonds is 1. The molecular formula is C10H6BrF3N2O. The first-order valence-electron chi connectivity index (χ1n) is 4.46. The van der Waals surface area contributed by atoms with Gasteiger partial charge in [0.1, 0.15) is 11.5 Å². The van der Waals surface area contributed by atoms with Crippen LogP contribution < -0.4 is 5.73 Å². The van der Waals surface area contributed by atoms with E-state index < -0.39 is 11.7 Å². The molecule has 0 aromatic carbocycles. The lowest BCUT2D eigenvalue weighted by Crippen LogP contribution is -2.07. The van der Waals surface area contributed by atoms with Crippen molar-refractivity contribution in [3.05, 3.63) is 34.5 Å². The van der Waals surface area contributed by atoms with Gasteiger partial charge in [0.05, 0.1) is 16.3 Å². The van der Waals surface area contributed by atoms with Crippen LogP contribution in [0.5, 0.6) is 0 Å². The monoisotopic (exact) mass is 306 g/mol. The quantitative estimate of drug-likeness (QED) is 0.874. The van der Waals surface area contributed by atoms with E-state index in [1.807, 2.05) is 0 Å². The molecular weight excluding hydrogens is 301 g/mol. The molecule has 0 amide bonds. The fourth-order valence-corrected chi connectivity index (χ4v) is 1.71. The highest BCUT2D eigenvalue weighted by Crippen LogP contribution is 2.34. The van der Waals surface area contributed by atoms with Crippen molar-refractivity contribution in [1.82, 2.24) is 4.98 Å². The number of nitrogens with zero attached hydrogens (tertiary/aromatic N) is 1. The second-order valence-corrected chi connectivity index (χ2v) is 4.12. The SMILES string of the molecule is Nc1cc(C(F)(F)F)cc(-c2occc2Br)n1. The summed E-state index contributed by atoms with van der Waals surface area (Å²) in [5, 5.41) is 0. The Morgan fingerprint density at radius 3 is 2.53 bits per heavy atom. The summed E-state index contributed by atoms with van der Waals surface area (Å²) in [6, 6.07) is 3.23. The number of alkyl halides is 3. The Hall–Kier alpha value is -1.50. The average Bonchev–Trinajstić information content (AvgIpc) is 2.62. The fraction of sp³-hybridized carbons (Fsp3) is 0.100. The van der Waals surface area contributed by atoms with E-state index in [2.05, 4.69) is 20.9 Å². The highest BCUT2D eigenvalue weighted by molar-refractivity contribution is 9.10. The third kappa shape index (κ3) is 2.44. The minimum Gasteiger partial charge on any atom is -0.461 e. The lowest BCUT2D eigenvalue weighted by atomic mass is 10.2. The molecule has 0 fully saturated rings. The summed E-state index contributed by atoms with van der Waals surface area (Å²) < 4.78 is 43.3. The summed E-state index contributed by atoms with van der Waals surface area (Å²) in [5.41, 5.74) is 4.52. The Kier molecular flexibility index (Phi) is 2.86. The van der Waals surface area contributed by atoms with Crippen molar-refractivity contribution < 1.29 is 17.6 Å². The molecule has 2 aromatic heterocycles. The van der Waals surface area contributed by atoms with Gasteiger partial charge in [-0.25, -0.2) is 4.98 Å². The molecule has 2 N–H and O–H groups in total. The van der Waals surface area contributed by atoms with Gasteiger partial charge in [-0.2, -0.15) is 13.2 Å². The van der Waals surface area contributed by atoms with Gasteiger partial charge < -0.3 is 10.2 Å². The first-order valence-corrected chi connectivity index (χ1v) is 5.25. The predicted octanol–water partition coefficient (Wildman–Crippen LogP) is 3.71. The number of nitrogen functional groups attached to an aromatic ring is 1. The van der Waals surface area contributed by atoms with Crippen molar-refractivity contribution in [3.8, 4) is 11.5 Å². The number of furan rings is 1. The Morgan fingerprint density at radius 2 is 2.00 bits per heavy atom. The van der Waals surface area contributed by atoms with Gasteiger partial charge in [-0.1, -0.05) is 0 Å². The third-order valence-corrected chi connectivity index (χ3v) is 2.65. The van der Waals surface area contributed by atoms with Gasteiger partial charge >= 0.3 is 6.18 Å². The van der Waals surface area contributed by atoms with Crippen LogP contribution in [-0.2, 0) is 6.18 Å². The number of aromatic nitrogens is 1. The van der Waals surface area contributed by atoms with Crippen LogP contribution in [0.4, 0.5) is 19.0 Å². The van der Waals surface area contributed by atoms with Crippen LogP contribution in [0.3, 0.4) is 0 Å². The van der Waals surface area contributed by atoms with Gasteiger partial charge in [0.25, 0.3) is 0 Å². The molecule has 0 aliphatic rings. The number of nitrogens with two attached hydrogens (primary N) is 1. The van der Waals surface area contributed by atoms with Crippen LogP contribution in [0.15, 0.2) is 33.4 Å². The highest BCUT2D eigenvalue weighted by Gasteiger charge is 2.32. The zero-order valence-electron chi connectivity index (χ0n) is 8.25. The van der Waals surface area contributed by atoms with Crippen molar-refractivity contribution in [1.29, 1.82) is 0 Å². The Morgan fingerprint density at radius 1 is 1.29 bits per heavy atom. The number of halogens is 4. The molecule has 90 valence electrons. The van der Waals surface area contributed by atoms with Crippen LogP contribution in [0.2, 0.25) is 0 Å². The van der Waals surface area contributed by atoms with E-state index in [-0.39, 0.29) is 17.3 Å². The van der Waals surface area contributed by atoms with Crippen LogP contribution in [0.25, 0.3) is 11.5 Å². The van der Waals surface area contributed by atoms with Gasteiger partial charge in [0.15, 0.2) is 5.76 Å². The average molecular weight is 307 g/mol. The van der Waals surface area contributed by atoms with E-state index in [1.54, 1.807) is 6.07 Å². The van der Waals surface area contributed by atoms with Crippen LogP contribution in [0, 0.1) is 0 Å². The van der Waals surface area contributed by atoms with Crippen molar-refractivity contribution in [2.24, 2.45) is 0 Å². The molecule has 0 spiro atoms. The molecule has 3 nitrogen and oxygen atoms in total. The molecule has 0 aliphatic heterocycles. The minimum atomic E-state index is -4.47. The van der Waals surface area contributed by atoms with Gasteiger partial charge in [0.2, 0.25) is 0 Å². The largest absolute Gasteiger partial charge is 0.461 e.